The fraction of sp³-hybridized carbons (Fsp3) is 0.154. The average Bonchev–Trinajstić information content (AvgIpc) is 2.80. The number of aromatic nitrogens is 1. The molecule has 6 heteroatoms. The van der Waals surface area contributed by atoms with Gasteiger partial charge in [-0.05, 0) is 24.6 Å². The van der Waals surface area contributed by atoms with Crippen LogP contribution in [0.15, 0.2) is 24.3 Å². The number of carbonyl (C=O) groups excluding carboxylic acids is 2. The van der Waals surface area contributed by atoms with E-state index in [1.807, 2.05) is 6.92 Å². The SMILES string of the molecule is COC(=O)c1nc(C)c(-c2ccc(C(N)=O)cc2)s1. The van der Waals surface area contributed by atoms with Crippen molar-refractivity contribution >= 4 is 23.2 Å². The molecular weight excluding hydrogens is 264 g/mol. The van der Waals surface area contributed by atoms with Gasteiger partial charge in [-0.15, -0.1) is 11.3 Å². The quantitative estimate of drug-likeness (QED) is 0.869. The van der Waals surface area contributed by atoms with Gasteiger partial charge in [0.1, 0.15) is 0 Å². The van der Waals surface area contributed by atoms with E-state index < -0.39 is 11.9 Å². The Morgan fingerprint density at radius 1 is 1.26 bits per heavy atom. The molecule has 0 bridgehead atoms. The molecule has 0 fully saturated rings. The van der Waals surface area contributed by atoms with E-state index in [1.165, 1.54) is 18.4 Å². The van der Waals surface area contributed by atoms with Crippen molar-refractivity contribution in [1.82, 2.24) is 4.98 Å². The van der Waals surface area contributed by atoms with Gasteiger partial charge in [-0.2, -0.15) is 0 Å². The van der Waals surface area contributed by atoms with Gasteiger partial charge in [-0.25, -0.2) is 9.78 Å². The van der Waals surface area contributed by atoms with Crippen LogP contribution in [-0.2, 0) is 4.74 Å². The Balaban J connectivity index is 2.39. The number of nitrogens with two attached hydrogens (primary N) is 1. The van der Waals surface area contributed by atoms with Crippen LogP contribution in [0.1, 0.15) is 25.9 Å². The molecule has 0 spiro atoms. The number of benzene rings is 1. The lowest BCUT2D eigenvalue weighted by molar-refractivity contribution is 0.0600. The number of esters is 1. The first-order valence-corrected chi connectivity index (χ1v) is 6.30. The highest BCUT2D eigenvalue weighted by atomic mass is 32.1. The van der Waals surface area contributed by atoms with Gasteiger partial charge in [0, 0.05) is 5.56 Å². The topological polar surface area (TPSA) is 82.3 Å². The van der Waals surface area contributed by atoms with Crippen molar-refractivity contribution in [3.63, 3.8) is 0 Å². The van der Waals surface area contributed by atoms with Gasteiger partial charge in [0.25, 0.3) is 0 Å². The molecule has 1 aromatic carbocycles. The second kappa shape index (κ2) is 5.19. The van der Waals surface area contributed by atoms with Gasteiger partial charge in [-0.1, -0.05) is 12.1 Å². The van der Waals surface area contributed by atoms with E-state index >= 15 is 0 Å². The molecule has 2 rings (SSSR count). The fourth-order valence-corrected chi connectivity index (χ4v) is 2.61. The molecule has 0 saturated heterocycles. The summed E-state index contributed by atoms with van der Waals surface area (Å²) in [6.45, 7) is 1.82. The fourth-order valence-electron chi connectivity index (χ4n) is 1.62. The molecule has 0 aliphatic rings. The lowest BCUT2D eigenvalue weighted by atomic mass is 10.1. The van der Waals surface area contributed by atoms with E-state index in [0.29, 0.717) is 10.6 Å². The minimum atomic E-state index is -0.470. The Kier molecular flexibility index (Phi) is 3.62. The summed E-state index contributed by atoms with van der Waals surface area (Å²) in [6, 6.07) is 6.85. The van der Waals surface area contributed by atoms with Crippen molar-refractivity contribution in [2.75, 3.05) is 7.11 Å². The number of thiazole rings is 1. The van der Waals surface area contributed by atoms with Gasteiger partial charge in [-0.3, -0.25) is 4.79 Å². The summed E-state index contributed by atoms with van der Waals surface area (Å²) >= 11 is 1.26. The summed E-state index contributed by atoms with van der Waals surface area (Å²) < 4.78 is 4.64. The van der Waals surface area contributed by atoms with Crippen LogP contribution < -0.4 is 5.73 Å². The molecule has 2 aromatic rings. The molecule has 19 heavy (non-hydrogen) atoms. The van der Waals surface area contributed by atoms with E-state index in [9.17, 15) is 9.59 Å². The lowest BCUT2D eigenvalue weighted by Gasteiger charge is -2.00. The highest BCUT2D eigenvalue weighted by Crippen LogP contribution is 2.30. The molecule has 0 aliphatic carbocycles. The lowest BCUT2D eigenvalue weighted by Crippen LogP contribution is -2.10. The van der Waals surface area contributed by atoms with E-state index in [-0.39, 0.29) is 0 Å². The molecule has 2 N–H and O–H groups in total. The minimum absolute atomic E-state index is 0.314. The smallest absolute Gasteiger partial charge is 0.367 e. The van der Waals surface area contributed by atoms with Crippen LogP contribution in [-0.4, -0.2) is 24.0 Å². The second-order valence-electron chi connectivity index (χ2n) is 3.87. The Hall–Kier alpha value is -2.21. The Morgan fingerprint density at radius 3 is 2.42 bits per heavy atom. The maximum atomic E-state index is 11.4. The number of methoxy groups -OCH3 is 1. The predicted octanol–water partition coefficient (Wildman–Crippen LogP) is 2.00. The Labute approximate surface area is 114 Å². The number of hydrogen-bond acceptors (Lipinski definition) is 5. The normalized spacial score (nSPS) is 10.2. The Morgan fingerprint density at radius 2 is 1.89 bits per heavy atom. The first kappa shape index (κ1) is 13.2. The van der Waals surface area contributed by atoms with Crippen molar-refractivity contribution < 1.29 is 14.3 Å². The maximum absolute atomic E-state index is 11.4. The van der Waals surface area contributed by atoms with Gasteiger partial charge < -0.3 is 10.5 Å². The summed E-state index contributed by atoms with van der Waals surface area (Å²) in [5.41, 5.74) is 7.26. The summed E-state index contributed by atoms with van der Waals surface area (Å²) in [4.78, 5) is 27.5. The average molecular weight is 276 g/mol. The van der Waals surface area contributed by atoms with Crippen molar-refractivity contribution in [2.45, 2.75) is 6.92 Å². The standard InChI is InChI=1S/C13H12N2O3S/c1-7-10(19-12(15-7)13(17)18-2)8-3-5-9(6-4-8)11(14)16/h3-6H,1-2H3,(H2,14,16). The molecule has 5 nitrogen and oxygen atoms in total. The van der Waals surface area contributed by atoms with Crippen molar-refractivity contribution in [1.29, 1.82) is 0 Å². The number of nitrogens with zero attached hydrogens (tertiary/aromatic N) is 1. The van der Waals surface area contributed by atoms with Crippen LogP contribution in [0, 0.1) is 6.92 Å². The van der Waals surface area contributed by atoms with Crippen LogP contribution in [0.2, 0.25) is 0 Å². The van der Waals surface area contributed by atoms with Crippen LogP contribution in [0.3, 0.4) is 0 Å². The first-order valence-electron chi connectivity index (χ1n) is 5.49. The van der Waals surface area contributed by atoms with Gasteiger partial charge in [0.15, 0.2) is 0 Å². The molecular formula is C13H12N2O3S. The zero-order valence-corrected chi connectivity index (χ0v) is 11.3. The predicted molar refractivity (Wildman–Crippen MR) is 72.1 cm³/mol. The molecule has 98 valence electrons. The number of hydrogen-bond donors (Lipinski definition) is 1. The van der Waals surface area contributed by atoms with Gasteiger partial charge in [0.2, 0.25) is 10.9 Å². The molecule has 1 aromatic heterocycles. The number of primary amides is 1. The molecule has 0 radical (unpaired) electrons. The second-order valence-corrected chi connectivity index (χ2v) is 4.87. The highest BCUT2D eigenvalue weighted by Gasteiger charge is 2.16. The zero-order valence-electron chi connectivity index (χ0n) is 10.5. The van der Waals surface area contributed by atoms with Crippen molar-refractivity contribution in [3.05, 3.63) is 40.5 Å². The highest BCUT2D eigenvalue weighted by molar-refractivity contribution is 7.17. The largest absolute Gasteiger partial charge is 0.464 e. The Bertz CT molecular complexity index is 632. The third-order valence-corrected chi connectivity index (χ3v) is 3.77. The third kappa shape index (κ3) is 2.63. The number of rotatable bonds is 3. The maximum Gasteiger partial charge on any atom is 0.367 e. The third-order valence-electron chi connectivity index (χ3n) is 2.59. The molecule has 1 amide bonds. The molecule has 0 unspecified atom stereocenters. The summed E-state index contributed by atoms with van der Waals surface area (Å²) in [7, 11) is 1.32. The van der Waals surface area contributed by atoms with Gasteiger partial charge in [0.05, 0.1) is 17.7 Å². The molecule has 0 saturated carbocycles. The first-order chi connectivity index (χ1) is 9.02. The molecule has 0 aliphatic heterocycles. The van der Waals surface area contributed by atoms with E-state index in [4.69, 9.17) is 5.73 Å². The van der Waals surface area contributed by atoms with Crippen LogP contribution >= 0.6 is 11.3 Å². The molecule has 0 atom stereocenters. The van der Waals surface area contributed by atoms with Crippen LogP contribution in [0.4, 0.5) is 0 Å². The van der Waals surface area contributed by atoms with Crippen molar-refractivity contribution in [2.24, 2.45) is 5.73 Å². The summed E-state index contributed by atoms with van der Waals surface area (Å²) in [5.74, 6) is -0.920. The number of amides is 1. The number of aryl methyl sites for hydroxylation is 1. The van der Waals surface area contributed by atoms with Crippen LogP contribution in [0.5, 0.6) is 0 Å². The summed E-state index contributed by atoms with van der Waals surface area (Å²) in [5, 5.41) is 0.314. The summed E-state index contributed by atoms with van der Waals surface area (Å²) in [6.07, 6.45) is 0. The van der Waals surface area contributed by atoms with Gasteiger partial charge >= 0.3 is 5.97 Å². The van der Waals surface area contributed by atoms with E-state index in [1.54, 1.807) is 24.3 Å². The van der Waals surface area contributed by atoms with E-state index in [2.05, 4.69) is 9.72 Å². The minimum Gasteiger partial charge on any atom is -0.464 e. The van der Waals surface area contributed by atoms with Crippen molar-refractivity contribution in [3.8, 4) is 10.4 Å². The number of ether oxygens (including phenoxy) is 1. The zero-order chi connectivity index (χ0) is 14.0. The number of carbonyl (C=O) groups is 2. The van der Waals surface area contributed by atoms with Crippen LogP contribution in [0.25, 0.3) is 10.4 Å². The monoisotopic (exact) mass is 276 g/mol. The van der Waals surface area contributed by atoms with E-state index in [0.717, 1.165) is 16.1 Å². The molecule has 1 heterocycles.